The van der Waals surface area contributed by atoms with Crippen LogP contribution in [0.2, 0.25) is 0 Å². The van der Waals surface area contributed by atoms with Crippen molar-refractivity contribution in [3.8, 4) is 0 Å². The van der Waals surface area contributed by atoms with Gasteiger partial charge in [-0.3, -0.25) is 10.1 Å². The topological polar surface area (TPSA) is 94.9 Å². The molecule has 0 bridgehead atoms. The molecule has 0 spiro atoms. The Labute approximate surface area is 112 Å². The van der Waals surface area contributed by atoms with Gasteiger partial charge >= 0.3 is 0 Å². The molecule has 2 rings (SSSR count). The molecule has 0 aliphatic heterocycles. The Balaban J connectivity index is 2.19. The number of aryl methyl sites for hydroxylation is 1. The van der Waals surface area contributed by atoms with E-state index in [9.17, 15) is 10.1 Å². The number of hydrogen-bond acceptors (Lipinski definition) is 7. The van der Waals surface area contributed by atoms with E-state index in [2.05, 4.69) is 9.36 Å². The van der Waals surface area contributed by atoms with Crippen molar-refractivity contribution in [1.29, 1.82) is 0 Å². The van der Waals surface area contributed by atoms with E-state index in [1.807, 2.05) is 6.92 Å². The van der Waals surface area contributed by atoms with Gasteiger partial charge in [0.2, 0.25) is 0 Å². The molecular weight excluding hydrogens is 272 g/mol. The Morgan fingerprint density at radius 3 is 2.89 bits per heavy atom. The van der Waals surface area contributed by atoms with E-state index >= 15 is 0 Å². The molecule has 0 saturated carbocycles. The van der Waals surface area contributed by atoms with Gasteiger partial charge in [-0.15, -0.1) is 0 Å². The van der Waals surface area contributed by atoms with Crippen molar-refractivity contribution in [2.75, 3.05) is 5.73 Å². The van der Waals surface area contributed by atoms with Gasteiger partial charge in [0.25, 0.3) is 5.69 Å². The molecule has 1 aromatic heterocycles. The minimum atomic E-state index is -0.496. The molecule has 0 atom stereocenters. The summed E-state index contributed by atoms with van der Waals surface area (Å²) in [5.41, 5.74) is 5.70. The molecule has 0 radical (unpaired) electrons. The Hall–Kier alpha value is -1.67. The van der Waals surface area contributed by atoms with Crippen molar-refractivity contribution < 1.29 is 4.92 Å². The molecule has 18 heavy (non-hydrogen) atoms. The zero-order valence-corrected chi connectivity index (χ0v) is 11.1. The number of nitrogens with two attached hydrogens (primary N) is 1. The van der Waals surface area contributed by atoms with Crippen LogP contribution in [0.3, 0.4) is 0 Å². The van der Waals surface area contributed by atoms with Crippen molar-refractivity contribution in [3.05, 3.63) is 34.1 Å². The summed E-state index contributed by atoms with van der Waals surface area (Å²) in [6, 6.07) is 4.64. The van der Waals surface area contributed by atoms with Crippen LogP contribution in [-0.2, 0) is 6.42 Å². The van der Waals surface area contributed by atoms with E-state index in [-0.39, 0.29) is 11.4 Å². The maximum absolute atomic E-state index is 10.6. The van der Waals surface area contributed by atoms with Crippen LogP contribution in [0.4, 0.5) is 11.4 Å². The molecule has 0 fully saturated rings. The predicted octanol–water partition coefficient (Wildman–Crippen LogP) is 2.74. The van der Waals surface area contributed by atoms with Crippen molar-refractivity contribution in [2.24, 2.45) is 0 Å². The lowest BCUT2D eigenvalue weighted by Crippen LogP contribution is -1.95. The fraction of sp³-hybridized carbons (Fsp3) is 0.200. The molecule has 1 aromatic carbocycles. The van der Waals surface area contributed by atoms with E-state index in [0.29, 0.717) is 0 Å². The Bertz CT molecular complexity index is 585. The molecule has 0 aliphatic carbocycles. The third-order valence-corrected chi connectivity index (χ3v) is 3.95. The van der Waals surface area contributed by atoms with Crippen LogP contribution in [0, 0.1) is 10.1 Å². The summed E-state index contributed by atoms with van der Waals surface area (Å²) in [7, 11) is 0. The average Bonchev–Trinajstić information content (AvgIpc) is 2.76. The van der Waals surface area contributed by atoms with Gasteiger partial charge in [0.05, 0.1) is 4.92 Å². The van der Waals surface area contributed by atoms with Gasteiger partial charge in [-0.1, -0.05) is 18.7 Å². The van der Waals surface area contributed by atoms with Crippen molar-refractivity contribution >= 4 is 34.7 Å². The highest BCUT2D eigenvalue weighted by Gasteiger charge is 2.12. The van der Waals surface area contributed by atoms with Crippen LogP contribution in [0.1, 0.15) is 12.7 Å². The van der Waals surface area contributed by atoms with E-state index in [1.165, 1.54) is 29.4 Å². The van der Waals surface area contributed by atoms with Crippen LogP contribution in [0.5, 0.6) is 0 Å². The Morgan fingerprint density at radius 1 is 1.56 bits per heavy atom. The number of rotatable bonds is 4. The average molecular weight is 282 g/mol. The zero-order valence-electron chi connectivity index (χ0n) is 9.49. The second kappa shape index (κ2) is 5.32. The highest BCUT2D eigenvalue weighted by Crippen LogP contribution is 2.33. The van der Waals surface area contributed by atoms with Crippen LogP contribution < -0.4 is 5.73 Å². The summed E-state index contributed by atoms with van der Waals surface area (Å²) in [6.45, 7) is 1.99. The first-order valence-corrected chi connectivity index (χ1v) is 6.73. The largest absolute Gasteiger partial charge is 0.393 e. The van der Waals surface area contributed by atoms with Crippen molar-refractivity contribution in [1.82, 2.24) is 9.36 Å². The standard InChI is InChI=1S/C10H10N4O2S2/c1-2-9-12-10(18-13-9)17-6-3-4-8(14(15)16)7(11)5-6/h3-5H,2,11H2,1H3. The molecule has 1 heterocycles. The first-order valence-electron chi connectivity index (χ1n) is 5.14. The number of hydrogen-bond donors (Lipinski definition) is 1. The number of anilines is 1. The molecule has 0 aliphatic rings. The summed E-state index contributed by atoms with van der Waals surface area (Å²) in [4.78, 5) is 15.3. The molecule has 94 valence electrons. The fourth-order valence-corrected chi connectivity index (χ4v) is 3.01. The lowest BCUT2D eigenvalue weighted by molar-refractivity contribution is -0.383. The van der Waals surface area contributed by atoms with Crippen LogP contribution in [0.25, 0.3) is 0 Å². The molecule has 2 aromatic rings. The van der Waals surface area contributed by atoms with E-state index in [4.69, 9.17) is 5.73 Å². The highest BCUT2D eigenvalue weighted by molar-refractivity contribution is 8.01. The van der Waals surface area contributed by atoms with Gasteiger partial charge in [-0.05, 0) is 23.7 Å². The molecule has 0 unspecified atom stereocenters. The molecule has 8 heteroatoms. The normalized spacial score (nSPS) is 10.5. The van der Waals surface area contributed by atoms with Gasteiger partial charge in [-0.2, -0.15) is 4.37 Å². The van der Waals surface area contributed by atoms with Gasteiger partial charge < -0.3 is 5.73 Å². The quantitative estimate of drug-likeness (QED) is 0.526. The minimum Gasteiger partial charge on any atom is -0.393 e. The van der Waals surface area contributed by atoms with Crippen molar-refractivity contribution in [3.63, 3.8) is 0 Å². The maximum Gasteiger partial charge on any atom is 0.292 e. The first-order chi connectivity index (χ1) is 8.60. The third-order valence-electron chi connectivity index (χ3n) is 2.17. The number of aromatic nitrogens is 2. The molecule has 0 saturated heterocycles. The monoisotopic (exact) mass is 282 g/mol. The van der Waals surface area contributed by atoms with Crippen LogP contribution >= 0.6 is 23.3 Å². The number of nitrogen functional groups attached to an aromatic ring is 1. The Kier molecular flexibility index (Phi) is 3.78. The van der Waals surface area contributed by atoms with E-state index < -0.39 is 4.92 Å². The van der Waals surface area contributed by atoms with Gasteiger partial charge in [0.15, 0.2) is 4.34 Å². The molecule has 0 amide bonds. The lowest BCUT2D eigenvalue weighted by Gasteiger charge is -2.00. The molecule has 2 N–H and O–H groups in total. The van der Waals surface area contributed by atoms with E-state index in [1.54, 1.807) is 12.1 Å². The first kappa shape index (κ1) is 12.8. The van der Waals surface area contributed by atoms with Crippen LogP contribution in [-0.4, -0.2) is 14.3 Å². The van der Waals surface area contributed by atoms with E-state index in [0.717, 1.165) is 21.5 Å². The number of benzene rings is 1. The highest BCUT2D eigenvalue weighted by atomic mass is 32.2. The summed E-state index contributed by atoms with van der Waals surface area (Å²) in [5, 5.41) is 10.6. The SMILES string of the molecule is CCc1nsc(Sc2ccc([N+](=O)[O-])c(N)c2)n1. The summed E-state index contributed by atoms with van der Waals surface area (Å²) in [5.74, 6) is 0.803. The molecule has 6 nitrogen and oxygen atoms in total. The fourth-order valence-electron chi connectivity index (χ4n) is 1.29. The molecular formula is C10H10N4O2S2. The van der Waals surface area contributed by atoms with Gasteiger partial charge in [0.1, 0.15) is 11.5 Å². The predicted molar refractivity (Wildman–Crippen MR) is 70.9 cm³/mol. The smallest absolute Gasteiger partial charge is 0.292 e. The Morgan fingerprint density at radius 2 is 2.33 bits per heavy atom. The van der Waals surface area contributed by atoms with Crippen LogP contribution in [0.15, 0.2) is 27.4 Å². The number of nitro groups is 1. The zero-order chi connectivity index (χ0) is 13.1. The maximum atomic E-state index is 10.6. The summed E-state index contributed by atoms with van der Waals surface area (Å²) < 4.78 is 4.97. The lowest BCUT2D eigenvalue weighted by atomic mass is 10.3. The summed E-state index contributed by atoms with van der Waals surface area (Å²) >= 11 is 2.71. The second-order valence-electron chi connectivity index (χ2n) is 3.41. The third kappa shape index (κ3) is 2.77. The van der Waals surface area contributed by atoms with Gasteiger partial charge in [-0.25, -0.2) is 4.98 Å². The minimum absolute atomic E-state index is 0.0779. The second-order valence-corrected chi connectivity index (χ2v) is 5.48. The summed E-state index contributed by atoms with van der Waals surface area (Å²) in [6.07, 6.45) is 0.791. The van der Waals surface area contributed by atoms with Gasteiger partial charge in [0, 0.05) is 17.4 Å². The number of nitrogens with zero attached hydrogens (tertiary/aromatic N) is 3. The van der Waals surface area contributed by atoms with Crippen molar-refractivity contribution in [2.45, 2.75) is 22.6 Å². The number of nitro benzene ring substituents is 1.